The summed E-state index contributed by atoms with van der Waals surface area (Å²) in [6.07, 6.45) is 3.47. The lowest BCUT2D eigenvalue weighted by molar-refractivity contribution is 0.343. The van der Waals surface area contributed by atoms with Crippen LogP contribution in [0.25, 0.3) is 10.8 Å². The van der Waals surface area contributed by atoms with Crippen LogP contribution in [0.15, 0.2) is 30.6 Å². The molecule has 1 aromatic carbocycles. The molecule has 0 saturated carbocycles. The first-order valence-electron chi connectivity index (χ1n) is 4.48. The number of ether oxygens (including phenoxy) is 1. The van der Waals surface area contributed by atoms with E-state index in [9.17, 15) is 0 Å². The van der Waals surface area contributed by atoms with Gasteiger partial charge >= 0.3 is 0 Å². The highest BCUT2D eigenvalue weighted by atomic mass is 35.5. The first-order valence-corrected chi connectivity index (χ1v) is 4.85. The summed E-state index contributed by atoms with van der Waals surface area (Å²) in [5.74, 6) is 0.746. The molecule has 0 N–H and O–H groups in total. The predicted molar refractivity (Wildman–Crippen MR) is 57.9 cm³/mol. The van der Waals surface area contributed by atoms with Gasteiger partial charge in [0.2, 0.25) is 0 Å². The summed E-state index contributed by atoms with van der Waals surface area (Å²) in [6.45, 7) is 2.56. The summed E-state index contributed by atoms with van der Waals surface area (Å²) in [6, 6.07) is 5.73. The van der Waals surface area contributed by atoms with Crippen molar-refractivity contribution in [2.45, 2.75) is 6.92 Å². The summed E-state index contributed by atoms with van der Waals surface area (Å²) >= 11 is 6.09. The summed E-state index contributed by atoms with van der Waals surface area (Å²) in [4.78, 5) is 4.09. The van der Waals surface area contributed by atoms with Crippen LogP contribution >= 0.6 is 11.6 Å². The Balaban J connectivity index is 2.71. The molecule has 2 rings (SSSR count). The van der Waals surface area contributed by atoms with E-state index in [-0.39, 0.29) is 0 Å². The SMILES string of the molecule is CCOc1cncc2cccc(Cl)c12. The molecule has 0 fully saturated rings. The van der Waals surface area contributed by atoms with Gasteiger partial charge in [-0.2, -0.15) is 0 Å². The number of nitrogens with zero attached hydrogens (tertiary/aromatic N) is 1. The summed E-state index contributed by atoms with van der Waals surface area (Å²) in [5.41, 5.74) is 0. The van der Waals surface area contributed by atoms with Crippen LogP contribution in [0.2, 0.25) is 5.02 Å². The third-order valence-corrected chi connectivity index (χ3v) is 2.31. The smallest absolute Gasteiger partial charge is 0.146 e. The van der Waals surface area contributed by atoms with Crippen molar-refractivity contribution in [3.05, 3.63) is 35.6 Å². The van der Waals surface area contributed by atoms with Crippen molar-refractivity contribution in [2.24, 2.45) is 0 Å². The molecule has 0 amide bonds. The second-order valence-corrected chi connectivity index (χ2v) is 3.32. The molecule has 0 bridgehead atoms. The van der Waals surface area contributed by atoms with E-state index in [1.165, 1.54) is 0 Å². The van der Waals surface area contributed by atoms with Crippen LogP contribution in [-0.2, 0) is 0 Å². The molecule has 0 aliphatic heterocycles. The second kappa shape index (κ2) is 3.84. The molecule has 1 heterocycles. The maximum absolute atomic E-state index is 6.09. The van der Waals surface area contributed by atoms with Crippen LogP contribution in [0.3, 0.4) is 0 Å². The van der Waals surface area contributed by atoms with E-state index in [2.05, 4.69) is 4.98 Å². The van der Waals surface area contributed by atoms with Crippen LogP contribution in [0.5, 0.6) is 5.75 Å². The van der Waals surface area contributed by atoms with Gasteiger partial charge in [0.15, 0.2) is 0 Å². The second-order valence-electron chi connectivity index (χ2n) is 2.91. The molecular weight excluding hydrogens is 198 g/mol. The Morgan fingerprint density at radius 3 is 3.00 bits per heavy atom. The highest BCUT2D eigenvalue weighted by molar-refractivity contribution is 6.36. The molecule has 0 aliphatic rings. The number of aromatic nitrogens is 1. The fourth-order valence-corrected chi connectivity index (χ4v) is 1.70. The van der Waals surface area contributed by atoms with Gasteiger partial charge < -0.3 is 4.74 Å². The van der Waals surface area contributed by atoms with Gasteiger partial charge in [-0.3, -0.25) is 4.98 Å². The maximum Gasteiger partial charge on any atom is 0.146 e. The Bertz CT molecular complexity index is 451. The summed E-state index contributed by atoms with van der Waals surface area (Å²) in [7, 11) is 0. The van der Waals surface area contributed by atoms with Crippen LogP contribution in [0, 0.1) is 0 Å². The van der Waals surface area contributed by atoms with E-state index in [1.54, 1.807) is 12.4 Å². The van der Waals surface area contributed by atoms with Gasteiger partial charge in [-0.25, -0.2) is 0 Å². The van der Waals surface area contributed by atoms with E-state index in [0.29, 0.717) is 11.6 Å². The minimum absolute atomic E-state index is 0.617. The molecule has 0 saturated heterocycles. The Kier molecular flexibility index (Phi) is 2.55. The summed E-state index contributed by atoms with van der Waals surface area (Å²) in [5, 5.41) is 2.64. The molecule has 14 heavy (non-hydrogen) atoms. The number of hydrogen-bond donors (Lipinski definition) is 0. The topological polar surface area (TPSA) is 22.1 Å². The van der Waals surface area contributed by atoms with E-state index in [1.807, 2.05) is 25.1 Å². The predicted octanol–water partition coefficient (Wildman–Crippen LogP) is 3.29. The molecule has 0 aliphatic carbocycles. The minimum atomic E-state index is 0.617. The Hall–Kier alpha value is -1.28. The fourth-order valence-electron chi connectivity index (χ4n) is 1.42. The van der Waals surface area contributed by atoms with Gasteiger partial charge in [-0.05, 0) is 13.0 Å². The van der Waals surface area contributed by atoms with Gasteiger partial charge in [0.1, 0.15) is 5.75 Å². The number of rotatable bonds is 2. The largest absolute Gasteiger partial charge is 0.492 e. The maximum atomic E-state index is 6.09. The van der Waals surface area contributed by atoms with Gasteiger partial charge in [0, 0.05) is 17.0 Å². The van der Waals surface area contributed by atoms with Crippen LogP contribution < -0.4 is 4.74 Å². The highest BCUT2D eigenvalue weighted by Gasteiger charge is 2.05. The molecule has 0 unspecified atom stereocenters. The number of halogens is 1. The number of fused-ring (bicyclic) bond motifs is 1. The third-order valence-electron chi connectivity index (χ3n) is 2.00. The van der Waals surface area contributed by atoms with E-state index < -0.39 is 0 Å². The Labute approximate surface area is 87.5 Å². The zero-order valence-electron chi connectivity index (χ0n) is 7.83. The lowest BCUT2D eigenvalue weighted by Gasteiger charge is -2.07. The van der Waals surface area contributed by atoms with Crippen molar-refractivity contribution in [1.29, 1.82) is 0 Å². The minimum Gasteiger partial charge on any atom is -0.492 e. The quantitative estimate of drug-likeness (QED) is 0.754. The zero-order valence-corrected chi connectivity index (χ0v) is 8.58. The van der Waals surface area contributed by atoms with Gasteiger partial charge in [0.05, 0.1) is 17.8 Å². The lowest BCUT2D eigenvalue weighted by Crippen LogP contribution is -1.93. The first-order chi connectivity index (χ1) is 6.83. The van der Waals surface area contributed by atoms with E-state index >= 15 is 0 Å². The van der Waals surface area contributed by atoms with Crippen molar-refractivity contribution in [3.8, 4) is 5.75 Å². The molecule has 2 aromatic rings. The number of pyridine rings is 1. The standard InChI is InChI=1S/C11H10ClNO/c1-2-14-10-7-13-6-8-4-3-5-9(12)11(8)10/h3-7H,2H2,1H3. The van der Waals surface area contributed by atoms with E-state index in [4.69, 9.17) is 16.3 Å². The van der Waals surface area contributed by atoms with Crippen LogP contribution in [0.1, 0.15) is 6.92 Å². The molecule has 0 spiro atoms. The molecule has 3 heteroatoms. The molecule has 2 nitrogen and oxygen atoms in total. The number of hydrogen-bond acceptors (Lipinski definition) is 2. The average Bonchev–Trinajstić information content (AvgIpc) is 2.19. The molecule has 72 valence electrons. The van der Waals surface area contributed by atoms with Crippen molar-refractivity contribution in [1.82, 2.24) is 4.98 Å². The lowest BCUT2D eigenvalue weighted by atomic mass is 10.2. The van der Waals surface area contributed by atoms with E-state index in [0.717, 1.165) is 16.5 Å². The normalized spacial score (nSPS) is 10.4. The highest BCUT2D eigenvalue weighted by Crippen LogP contribution is 2.30. The first kappa shape index (κ1) is 9.28. The monoisotopic (exact) mass is 207 g/mol. The molecule has 0 atom stereocenters. The average molecular weight is 208 g/mol. The molecule has 0 radical (unpaired) electrons. The van der Waals surface area contributed by atoms with Gasteiger partial charge in [-0.1, -0.05) is 23.7 Å². The molecule has 1 aromatic heterocycles. The van der Waals surface area contributed by atoms with Crippen LogP contribution in [-0.4, -0.2) is 11.6 Å². The Morgan fingerprint density at radius 2 is 2.21 bits per heavy atom. The number of benzene rings is 1. The zero-order chi connectivity index (χ0) is 9.97. The Morgan fingerprint density at radius 1 is 1.36 bits per heavy atom. The van der Waals surface area contributed by atoms with Crippen molar-refractivity contribution in [3.63, 3.8) is 0 Å². The van der Waals surface area contributed by atoms with Crippen molar-refractivity contribution in [2.75, 3.05) is 6.61 Å². The van der Waals surface area contributed by atoms with Gasteiger partial charge in [-0.15, -0.1) is 0 Å². The van der Waals surface area contributed by atoms with Crippen LogP contribution in [0.4, 0.5) is 0 Å². The van der Waals surface area contributed by atoms with Crippen molar-refractivity contribution < 1.29 is 4.74 Å². The van der Waals surface area contributed by atoms with Crippen molar-refractivity contribution >= 4 is 22.4 Å². The fraction of sp³-hybridized carbons (Fsp3) is 0.182. The third kappa shape index (κ3) is 1.53. The van der Waals surface area contributed by atoms with Gasteiger partial charge in [0.25, 0.3) is 0 Å². The summed E-state index contributed by atoms with van der Waals surface area (Å²) < 4.78 is 5.45. The molecular formula is C11H10ClNO.